The first-order chi connectivity index (χ1) is 8.69. The third kappa shape index (κ3) is 3.53. The van der Waals surface area contributed by atoms with E-state index in [0.717, 1.165) is 6.07 Å². The second kappa shape index (κ2) is 5.69. The van der Waals surface area contributed by atoms with Crippen LogP contribution in [0.25, 0.3) is 0 Å². The SMILES string of the molecule is CCC(F)(F)c1cc(F)c(Cl)cc1OC(C)C(=O)O. The molecule has 0 amide bonds. The predicted molar refractivity (Wildman–Crippen MR) is 63.3 cm³/mol. The quantitative estimate of drug-likeness (QED) is 0.898. The van der Waals surface area contributed by atoms with Crippen LogP contribution in [0.4, 0.5) is 13.2 Å². The van der Waals surface area contributed by atoms with Crippen molar-refractivity contribution < 1.29 is 27.8 Å². The summed E-state index contributed by atoms with van der Waals surface area (Å²) in [6, 6.07) is 1.42. The molecule has 0 bridgehead atoms. The minimum atomic E-state index is -3.33. The van der Waals surface area contributed by atoms with Crippen molar-refractivity contribution in [3.05, 3.63) is 28.5 Å². The molecule has 1 atom stereocenters. The zero-order valence-corrected chi connectivity index (χ0v) is 11.0. The van der Waals surface area contributed by atoms with Gasteiger partial charge in [0.25, 0.3) is 5.92 Å². The summed E-state index contributed by atoms with van der Waals surface area (Å²) >= 11 is 5.49. The normalized spacial score (nSPS) is 13.2. The number of ether oxygens (including phenoxy) is 1. The second-order valence-corrected chi connectivity index (χ2v) is 4.33. The minimum absolute atomic E-state index is 0.414. The highest BCUT2D eigenvalue weighted by atomic mass is 35.5. The molecule has 0 saturated heterocycles. The van der Waals surface area contributed by atoms with E-state index in [2.05, 4.69) is 0 Å². The van der Waals surface area contributed by atoms with Crippen LogP contribution in [-0.4, -0.2) is 17.2 Å². The lowest BCUT2D eigenvalue weighted by atomic mass is 10.0. The number of alkyl halides is 2. The van der Waals surface area contributed by atoms with Crippen molar-refractivity contribution in [2.24, 2.45) is 0 Å². The first-order valence-corrected chi connectivity index (χ1v) is 5.83. The van der Waals surface area contributed by atoms with E-state index >= 15 is 0 Å². The Hall–Kier alpha value is -1.43. The number of rotatable bonds is 5. The van der Waals surface area contributed by atoms with Gasteiger partial charge >= 0.3 is 5.97 Å². The molecule has 0 heterocycles. The number of halogens is 4. The highest BCUT2D eigenvalue weighted by Crippen LogP contribution is 2.40. The van der Waals surface area contributed by atoms with Gasteiger partial charge in [0.2, 0.25) is 0 Å². The summed E-state index contributed by atoms with van der Waals surface area (Å²) in [6.07, 6.45) is -1.93. The summed E-state index contributed by atoms with van der Waals surface area (Å²) in [6.45, 7) is 2.39. The smallest absolute Gasteiger partial charge is 0.344 e. The molecular weight excluding hydrogens is 285 g/mol. The Morgan fingerprint density at radius 3 is 2.58 bits per heavy atom. The maximum atomic E-state index is 13.7. The molecular formula is C12H12ClF3O3. The molecule has 0 radical (unpaired) electrons. The lowest BCUT2D eigenvalue weighted by Crippen LogP contribution is -2.25. The molecule has 0 saturated carbocycles. The predicted octanol–water partition coefficient (Wildman–Crippen LogP) is 3.83. The van der Waals surface area contributed by atoms with E-state index in [4.69, 9.17) is 21.4 Å². The highest BCUT2D eigenvalue weighted by Gasteiger charge is 2.34. The summed E-state index contributed by atoms with van der Waals surface area (Å²) in [5, 5.41) is 8.28. The van der Waals surface area contributed by atoms with Gasteiger partial charge in [-0.2, -0.15) is 0 Å². The van der Waals surface area contributed by atoms with Crippen molar-refractivity contribution in [1.82, 2.24) is 0 Å². The number of hydrogen-bond donors (Lipinski definition) is 1. The van der Waals surface area contributed by atoms with Crippen molar-refractivity contribution in [2.45, 2.75) is 32.3 Å². The zero-order valence-electron chi connectivity index (χ0n) is 10.2. The fourth-order valence-corrected chi connectivity index (χ4v) is 1.50. The summed E-state index contributed by atoms with van der Waals surface area (Å²) in [7, 11) is 0. The molecule has 1 aromatic rings. The van der Waals surface area contributed by atoms with Crippen LogP contribution < -0.4 is 4.74 Å². The standard InChI is InChI=1S/C12H12ClF3O3/c1-3-12(15,16)7-4-9(14)8(13)5-10(7)19-6(2)11(17)18/h4-6H,3H2,1-2H3,(H,17,18). The molecule has 0 aliphatic carbocycles. The van der Waals surface area contributed by atoms with Gasteiger partial charge in [-0.1, -0.05) is 18.5 Å². The van der Waals surface area contributed by atoms with Crippen LogP contribution in [0.1, 0.15) is 25.8 Å². The molecule has 1 rings (SSSR count). The number of benzene rings is 1. The lowest BCUT2D eigenvalue weighted by molar-refractivity contribution is -0.144. The molecule has 3 nitrogen and oxygen atoms in total. The van der Waals surface area contributed by atoms with Crippen molar-refractivity contribution in [3.8, 4) is 5.75 Å². The van der Waals surface area contributed by atoms with Crippen LogP contribution in [-0.2, 0) is 10.7 Å². The van der Waals surface area contributed by atoms with Crippen molar-refractivity contribution in [1.29, 1.82) is 0 Å². The molecule has 7 heteroatoms. The average molecular weight is 297 g/mol. The molecule has 0 aliphatic rings. The molecule has 0 aliphatic heterocycles. The number of aliphatic carboxylic acids is 1. The number of carbonyl (C=O) groups is 1. The van der Waals surface area contributed by atoms with Crippen LogP contribution in [0.5, 0.6) is 5.75 Å². The van der Waals surface area contributed by atoms with E-state index in [0.29, 0.717) is 6.07 Å². The third-order valence-electron chi connectivity index (χ3n) is 2.51. The van der Waals surface area contributed by atoms with Crippen molar-refractivity contribution in [3.63, 3.8) is 0 Å². The van der Waals surface area contributed by atoms with E-state index in [1.54, 1.807) is 0 Å². The van der Waals surface area contributed by atoms with Crippen molar-refractivity contribution in [2.75, 3.05) is 0 Å². The van der Waals surface area contributed by atoms with Gasteiger partial charge in [-0.05, 0) is 13.0 Å². The summed E-state index contributed by atoms with van der Waals surface area (Å²) in [5.74, 6) is -6.11. The van der Waals surface area contributed by atoms with Gasteiger partial charge in [0.15, 0.2) is 6.10 Å². The minimum Gasteiger partial charge on any atom is -0.479 e. The molecule has 106 valence electrons. The van der Waals surface area contributed by atoms with Crippen LogP contribution >= 0.6 is 11.6 Å². The molecule has 1 aromatic carbocycles. The van der Waals surface area contributed by atoms with Gasteiger partial charge in [0.1, 0.15) is 11.6 Å². The van der Waals surface area contributed by atoms with Gasteiger partial charge in [-0.15, -0.1) is 0 Å². The second-order valence-electron chi connectivity index (χ2n) is 3.92. The maximum absolute atomic E-state index is 13.7. The summed E-state index contributed by atoms with van der Waals surface area (Å²) in [5.41, 5.74) is -0.718. The Labute approximate surface area is 112 Å². The van der Waals surface area contributed by atoms with Gasteiger partial charge in [0.05, 0.1) is 10.6 Å². The van der Waals surface area contributed by atoms with Crippen LogP contribution in [0.15, 0.2) is 12.1 Å². The molecule has 1 N–H and O–H groups in total. The first kappa shape index (κ1) is 15.6. The molecule has 0 spiro atoms. The lowest BCUT2D eigenvalue weighted by Gasteiger charge is -2.20. The average Bonchev–Trinajstić information content (AvgIpc) is 2.33. The van der Waals surface area contributed by atoms with Gasteiger partial charge in [-0.25, -0.2) is 18.0 Å². The summed E-state index contributed by atoms with van der Waals surface area (Å²) < 4.78 is 45.5. The maximum Gasteiger partial charge on any atom is 0.344 e. The summed E-state index contributed by atoms with van der Waals surface area (Å²) in [4.78, 5) is 10.7. The van der Waals surface area contributed by atoms with Crippen LogP contribution in [0, 0.1) is 5.82 Å². The Morgan fingerprint density at radius 1 is 1.53 bits per heavy atom. The van der Waals surface area contributed by atoms with Gasteiger partial charge in [-0.3, -0.25) is 0 Å². The number of carboxylic acid groups (broad SMARTS) is 1. The molecule has 0 fully saturated rings. The fraction of sp³-hybridized carbons (Fsp3) is 0.417. The monoisotopic (exact) mass is 296 g/mol. The van der Waals surface area contributed by atoms with E-state index in [1.165, 1.54) is 13.8 Å². The Balaban J connectivity index is 3.28. The zero-order chi connectivity index (χ0) is 14.8. The number of carboxylic acids is 1. The van der Waals surface area contributed by atoms with E-state index in [9.17, 15) is 18.0 Å². The first-order valence-electron chi connectivity index (χ1n) is 5.45. The van der Waals surface area contributed by atoms with Crippen LogP contribution in [0.2, 0.25) is 5.02 Å². The molecule has 0 aromatic heterocycles. The Morgan fingerprint density at radius 2 is 2.11 bits per heavy atom. The number of hydrogen-bond acceptors (Lipinski definition) is 2. The Kier molecular flexibility index (Phi) is 4.68. The van der Waals surface area contributed by atoms with Gasteiger partial charge < -0.3 is 9.84 Å². The topological polar surface area (TPSA) is 46.5 Å². The fourth-order valence-electron chi connectivity index (χ4n) is 1.34. The molecule has 1 unspecified atom stereocenters. The van der Waals surface area contributed by atoms with E-state index in [-0.39, 0.29) is 0 Å². The van der Waals surface area contributed by atoms with Crippen molar-refractivity contribution >= 4 is 17.6 Å². The largest absolute Gasteiger partial charge is 0.479 e. The Bertz CT molecular complexity index is 491. The molecule has 19 heavy (non-hydrogen) atoms. The van der Waals surface area contributed by atoms with E-state index < -0.39 is 46.6 Å². The third-order valence-corrected chi connectivity index (χ3v) is 2.80. The highest BCUT2D eigenvalue weighted by molar-refractivity contribution is 6.30. The van der Waals surface area contributed by atoms with Gasteiger partial charge in [0, 0.05) is 12.5 Å². The van der Waals surface area contributed by atoms with Crippen LogP contribution in [0.3, 0.4) is 0 Å². The van der Waals surface area contributed by atoms with E-state index in [1.807, 2.05) is 0 Å².